The van der Waals surface area contributed by atoms with Crippen molar-refractivity contribution in [2.24, 2.45) is 5.73 Å². The molecule has 5 heteroatoms. The standard InChI is InChI=1S/C9H12BrNO3/c1-14-9-2-5(8(13)4-11)6(10)3-7(9)12/h2-3,8,12-13H,4,11H2,1H3. The zero-order chi connectivity index (χ0) is 10.7. The summed E-state index contributed by atoms with van der Waals surface area (Å²) in [7, 11) is 1.45. The SMILES string of the molecule is COc1cc(C(O)CN)c(Br)cc1O. The van der Waals surface area contributed by atoms with Gasteiger partial charge in [-0.1, -0.05) is 15.9 Å². The molecule has 0 aromatic heterocycles. The van der Waals surface area contributed by atoms with Gasteiger partial charge in [0.05, 0.1) is 13.2 Å². The number of aliphatic hydroxyl groups excluding tert-OH is 1. The highest BCUT2D eigenvalue weighted by Gasteiger charge is 2.13. The van der Waals surface area contributed by atoms with Gasteiger partial charge in [-0.25, -0.2) is 0 Å². The number of benzene rings is 1. The Bertz CT molecular complexity index is 330. The quantitative estimate of drug-likeness (QED) is 0.763. The van der Waals surface area contributed by atoms with Crippen molar-refractivity contribution in [3.05, 3.63) is 22.2 Å². The lowest BCUT2D eigenvalue weighted by molar-refractivity contribution is 0.185. The van der Waals surface area contributed by atoms with E-state index in [4.69, 9.17) is 10.5 Å². The van der Waals surface area contributed by atoms with Gasteiger partial charge >= 0.3 is 0 Å². The van der Waals surface area contributed by atoms with E-state index in [0.29, 0.717) is 15.8 Å². The molecule has 14 heavy (non-hydrogen) atoms. The number of nitrogens with two attached hydrogens (primary N) is 1. The van der Waals surface area contributed by atoms with Gasteiger partial charge in [0.15, 0.2) is 11.5 Å². The molecule has 0 saturated heterocycles. The molecule has 0 spiro atoms. The second kappa shape index (κ2) is 4.63. The molecule has 1 unspecified atom stereocenters. The second-order valence-corrected chi connectivity index (χ2v) is 3.65. The van der Waals surface area contributed by atoms with Gasteiger partial charge in [-0.05, 0) is 17.7 Å². The summed E-state index contributed by atoms with van der Waals surface area (Å²) in [4.78, 5) is 0. The molecule has 0 fully saturated rings. The van der Waals surface area contributed by atoms with Crippen LogP contribution in [0.25, 0.3) is 0 Å². The molecular weight excluding hydrogens is 250 g/mol. The molecule has 0 amide bonds. The van der Waals surface area contributed by atoms with Crippen molar-refractivity contribution in [3.63, 3.8) is 0 Å². The number of hydrogen-bond donors (Lipinski definition) is 3. The lowest BCUT2D eigenvalue weighted by Gasteiger charge is -2.13. The number of phenolic OH excluding ortho intramolecular Hbond substituents is 1. The Morgan fingerprint density at radius 3 is 2.71 bits per heavy atom. The fourth-order valence-corrected chi connectivity index (χ4v) is 1.70. The molecule has 1 atom stereocenters. The van der Waals surface area contributed by atoms with Gasteiger partial charge < -0.3 is 20.7 Å². The predicted molar refractivity (Wildman–Crippen MR) is 56.4 cm³/mol. The van der Waals surface area contributed by atoms with Gasteiger partial charge in [-0.3, -0.25) is 0 Å². The van der Waals surface area contributed by atoms with E-state index in [2.05, 4.69) is 15.9 Å². The molecule has 0 radical (unpaired) electrons. The van der Waals surface area contributed by atoms with Crippen molar-refractivity contribution >= 4 is 15.9 Å². The average Bonchev–Trinajstić information content (AvgIpc) is 2.17. The highest BCUT2D eigenvalue weighted by Crippen LogP contribution is 2.34. The van der Waals surface area contributed by atoms with E-state index in [1.165, 1.54) is 13.2 Å². The van der Waals surface area contributed by atoms with Gasteiger partial charge in [0.1, 0.15) is 0 Å². The Labute approximate surface area is 90.4 Å². The van der Waals surface area contributed by atoms with Crippen LogP contribution in [0.15, 0.2) is 16.6 Å². The first-order valence-electron chi connectivity index (χ1n) is 4.04. The Balaban J connectivity index is 3.17. The third-order valence-electron chi connectivity index (χ3n) is 1.88. The van der Waals surface area contributed by atoms with Gasteiger partial charge in [-0.2, -0.15) is 0 Å². The number of methoxy groups -OCH3 is 1. The van der Waals surface area contributed by atoms with Gasteiger partial charge in [-0.15, -0.1) is 0 Å². The number of halogens is 1. The van der Waals surface area contributed by atoms with Gasteiger partial charge in [0, 0.05) is 11.0 Å². The van der Waals surface area contributed by atoms with Crippen LogP contribution in [0.3, 0.4) is 0 Å². The van der Waals surface area contributed by atoms with Crippen molar-refractivity contribution in [3.8, 4) is 11.5 Å². The number of hydrogen-bond acceptors (Lipinski definition) is 4. The molecule has 1 aromatic rings. The molecule has 0 aliphatic carbocycles. The molecule has 0 aliphatic rings. The maximum Gasteiger partial charge on any atom is 0.160 e. The Morgan fingerprint density at radius 1 is 1.57 bits per heavy atom. The zero-order valence-electron chi connectivity index (χ0n) is 7.70. The largest absolute Gasteiger partial charge is 0.504 e. The predicted octanol–water partition coefficient (Wildman–Crippen LogP) is 1.16. The summed E-state index contributed by atoms with van der Waals surface area (Å²) in [5.74, 6) is 0.336. The maximum absolute atomic E-state index is 9.53. The Hall–Kier alpha value is -0.780. The molecular formula is C9H12BrNO3. The third kappa shape index (κ3) is 2.17. The minimum Gasteiger partial charge on any atom is -0.504 e. The van der Waals surface area contributed by atoms with Gasteiger partial charge in [0.25, 0.3) is 0 Å². The fraction of sp³-hybridized carbons (Fsp3) is 0.333. The number of rotatable bonds is 3. The Kier molecular flexibility index (Phi) is 3.74. The molecule has 4 nitrogen and oxygen atoms in total. The first-order chi connectivity index (χ1) is 6.60. The van der Waals surface area contributed by atoms with Crippen LogP contribution in [0, 0.1) is 0 Å². The van der Waals surface area contributed by atoms with Crippen LogP contribution in [0.5, 0.6) is 11.5 Å². The topological polar surface area (TPSA) is 75.7 Å². The highest BCUT2D eigenvalue weighted by molar-refractivity contribution is 9.10. The van der Waals surface area contributed by atoms with E-state index in [9.17, 15) is 10.2 Å². The van der Waals surface area contributed by atoms with Crippen molar-refractivity contribution in [2.75, 3.05) is 13.7 Å². The molecule has 0 aliphatic heterocycles. The monoisotopic (exact) mass is 261 g/mol. The molecule has 1 aromatic carbocycles. The van der Waals surface area contributed by atoms with E-state index in [1.54, 1.807) is 6.07 Å². The summed E-state index contributed by atoms with van der Waals surface area (Å²) in [6.45, 7) is 0.118. The van der Waals surface area contributed by atoms with Crippen LogP contribution in [0.1, 0.15) is 11.7 Å². The van der Waals surface area contributed by atoms with Crippen LogP contribution in [0.4, 0.5) is 0 Å². The molecule has 0 heterocycles. The second-order valence-electron chi connectivity index (χ2n) is 2.80. The van der Waals surface area contributed by atoms with E-state index < -0.39 is 6.10 Å². The highest BCUT2D eigenvalue weighted by atomic mass is 79.9. The van der Waals surface area contributed by atoms with Crippen LogP contribution in [-0.2, 0) is 0 Å². The molecule has 1 rings (SSSR count). The van der Waals surface area contributed by atoms with E-state index in [1.807, 2.05) is 0 Å². The molecule has 0 bridgehead atoms. The van der Waals surface area contributed by atoms with E-state index >= 15 is 0 Å². The number of ether oxygens (including phenoxy) is 1. The average molecular weight is 262 g/mol. The minimum atomic E-state index is -0.765. The number of aromatic hydroxyl groups is 1. The van der Waals surface area contributed by atoms with E-state index in [0.717, 1.165) is 0 Å². The van der Waals surface area contributed by atoms with Crippen LogP contribution < -0.4 is 10.5 Å². The third-order valence-corrected chi connectivity index (χ3v) is 2.57. The summed E-state index contributed by atoms with van der Waals surface area (Å²) >= 11 is 3.22. The van der Waals surface area contributed by atoms with Crippen molar-refractivity contribution in [1.82, 2.24) is 0 Å². The van der Waals surface area contributed by atoms with Crippen LogP contribution >= 0.6 is 15.9 Å². The van der Waals surface area contributed by atoms with Crippen LogP contribution in [-0.4, -0.2) is 23.9 Å². The minimum absolute atomic E-state index is 0.0207. The lowest BCUT2D eigenvalue weighted by Crippen LogP contribution is -2.12. The summed E-state index contributed by atoms with van der Waals surface area (Å²) in [5, 5.41) is 18.9. The van der Waals surface area contributed by atoms with Crippen molar-refractivity contribution in [1.29, 1.82) is 0 Å². The van der Waals surface area contributed by atoms with E-state index in [-0.39, 0.29) is 12.3 Å². The fourth-order valence-electron chi connectivity index (χ4n) is 1.10. The molecule has 4 N–H and O–H groups in total. The van der Waals surface area contributed by atoms with Crippen molar-refractivity contribution in [2.45, 2.75) is 6.10 Å². The smallest absolute Gasteiger partial charge is 0.160 e. The Morgan fingerprint density at radius 2 is 2.21 bits per heavy atom. The summed E-state index contributed by atoms with van der Waals surface area (Å²) in [6, 6.07) is 3.02. The summed E-state index contributed by atoms with van der Waals surface area (Å²) in [6.07, 6.45) is -0.765. The zero-order valence-corrected chi connectivity index (χ0v) is 9.28. The van der Waals surface area contributed by atoms with Crippen LogP contribution in [0.2, 0.25) is 0 Å². The summed E-state index contributed by atoms with van der Waals surface area (Å²) in [5.41, 5.74) is 5.93. The number of phenols is 1. The van der Waals surface area contributed by atoms with Gasteiger partial charge in [0.2, 0.25) is 0 Å². The number of aliphatic hydroxyl groups is 1. The first-order valence-corrected chi connectivity index (χ1v) is 4.84. The first kappa shape index (κ1) is 11.3. The maximum atomic E-state index is 9.53. The van der Waals surface area contributed by atoms with Crippen molar-refractivity contribution < 1.29 is 14.9 Å². The normalized spacial score (nSPS) is 12.6. The molecule has 78 valence electrons. The lowest BCUT2D eigenvalue weighted by atomic mass is 10.1. The molecule has 0 saturated carbocycles. The summed E-state index contributed by atoms with van der Waals surface area (Å²) < 4.78 is 5.52.